The van der Waals surface area contributed by atoms with Crippen molar-refractivity contribution in [3.63, 3.8) is 0 Å². The SMILES string of the molecule is CC(C)CC(NC(=O)C(Cc1ccc(O)cc1)NC(=O)C(Cc1c[nH]c2ccccc12)NC(=O)C(N)CCCCN)C(=O)O. The highest BCUT2D eigenvalue weighted by Crippen LogP contribution is 2.20. The third kappa shape index (κ3) is 10.1. The molecular weight excluding hydrogens is 564 g/mol. The molecule has 0 bridgehead atoms. The fraction of sp³-hybridized carbons (Fsp3) is 0.438. The van der Waals surface area contributed by atoms with Crippen LogP contribution in [0.3, 0.4) is 0 Å². The maximum atomic E-state index is 13.9. The molecule has 0 aliphatic rings. The van der Waals surface area contributed by atoms with Gasteiger partial charge < -0.3 is 42.6 Å². The number of aromatic hydroxyl groups is 1. The van der Waals surface area contributed by atoms with Crippen molar-refractivity contribution in [3.05, 3.63) is 65.9 Å². The summed E-state index contributed by atoms with van der Waals surface area (Å²) in [5.74, 6) is -2.99. The zero-order valence-corrected chi connectivity index (χ0v) is 25.2. The number of aliphatic carboxylic acids is 1. The van der Waals surface area contributed by atoms with E-state index < -0.39 is 47.9 Å². The van der Waals surface area contributed by atoms with Crippen LogP contribution in [-0.2, 0) is 32.0 Å². The number of nitrogens with two attached hydrogens (primary N) is 2. The van der Waals surface area contributed by atoms with E-state index in [4.69, 9.17) is 11.5 Å². The number of phenolic OH excluding ortho intramolecular Hbond substituents is 1. The Bertz CT molecular complexity index is 1410. The van der Waals surface area contributed by atoms with E-state index in [-0.39, 0.29) is 30.9 Å². The molecule has 0 aliphatic heterocycles. The number of rotatable bonds is 17. The minimum absolute atomic E-state index is 0.00799. The molecule has 10 N–H and O–H groups in total. The third-order valence-corrected chi connectivity index (χ3v) is 7.37. The van der Waals surface area contributed by atoms with Gasteiger partial charge in [0, 0.05) is 29.9 Å². The van der Waals surface area contributed by atoms with Gasteiger partial charge in [0.25, 0.3) is 0 Å². The number of unbranched alkanes of at least 4 members (excludes halogenated alkanes) is 1. The molecule has 12 nitrogen and oxygen atoms in total. The van der Waals surface area contributed by atoms with Crippen molar-refractivity contribution >= 4 is 34.6 Å². The molecule has 0 saturated heterocycles. The minimum atomic E-state index is -1.19. The molecule has 4 atom stereocenters. The summed E-state index contributed by atoms with van der Waals surface area (Å²) in [6.07, 6.45) is 3.84. The van der Waals surface area contributed by atoms with Crippen molar-refractivity contribution in [1.82, 2.24) is 20.9 Å². The largest absolute Gasteiger partial charge is 0.508 e. The quantitative estimate of drug-likeness (QED) is 0.105. The van der Waals surface area contributed by atoms with Gasteiger partial charge in [-0.15, -0.1) is 0 Å². The van der Waals surface area contributed by atoms with Crippen molar-refractivity contribution in [2.24, 2.45) is 17.4 Å². The molecular formula is C32H44N6O6. The number of H-pyrrole nitrogens is 1. The molecule has 1 aromatic heterocycles. The number of fused-ring (bicyclic) bond motifs is 1. The molecule has 0 spiro atoms. The number of carbonyl (C=O) groups excluding carboxylic acids is 3. The maximum absolute atomic E-state index is 13.9. The number of aromatic amines is 1. The molecule has 238 valence electrons. The maximum Gasteiger partial charge on any atom is 0.326 e. The number of carbonyl (C=O) groups is 4. The van der Waals surface area contributed by atoms with Crippen molar-refractivity contribution in [1.29, 1.82) is 0 Å². The Morgan fingerprint density at radius 1 is 0.841 bits per heavy atom. The van der Waals surface area contributed by atoms with Crippen LogP contribution in [0, 0.1) is 5.92 Å². The van der Waals surface area contributed by atoms with Gasteiger partial charge in [-0.2, -0.15) is 0 Å². The summed E-state index contributed by atoms with van der Waals surface area (Å²) in [4.78, 5) is 55.5. The minimum Gasteiger partial charge on any atom is -0.508 e. The van der Waals surface area contributed by atoms with Crippen LogP contribution in [0.25, 0.3) is 10.9 Å². The summed E-state index contributed by atoms with van der Waals surface area (Å²) in [6, 6.07) is 9.38. The molecule has 2 aromatic carbocycles. The molecule has 0 aliphatic carbocycles. The number of aromatic nitrogens is 1. The molecule has 3 amide bonds. The average molecular weight is 609 g/mol. The fourth-order valence-electron chi connectivity index (χ4n) is 4.96. The van der Waals surface area contributed by atoms with Gasteiger partial charge in [-0.25, -0.2) is 4.79 Å². The Morgan fingerprint density at radius 3 is 2.09 bits per heavy atom. The van der Waals surface area contributed by atoms with Gasteiger partial charge in [-0.3, -0.25) is 14.4 Å². The molecule has 0 fully saturated rings. The number of hydrogen-bond acceptors (Lipinski definition) is 7. The lowest BCUT2D eigenvalue weighted by Gasteiger charge is -2.26. The topological polar surface area (TPSA) is 213 Å². The second-order valence-corrected chi connectivity index (χ2v) is 11.5. The number of amides is 3. The Kier molecular flexibility index (Phi) is 12.7. The molecule has 3 rings (SSSR count). The summed E-state index contributed by atoms with van der Waals surface area (Å²) >= 11 is 0. The molecule has 4 unspecified atom stereocenters. The van der Waals surface area contributed by atoms with Crippen molar-refractivity contribution in [3.8, 4) is 5.75 Å². The van der Waals surface area contributed by atoms with Gasteiger partial charge in [-0.1, -0.05) is 50.6 Å². The van der Waals surface area contributed by atoms with Crippen LogP contribution in [0.5, 0.6) is 5.75 Å². The van der Waals surface area contributed by atoms with E-state index >= 15 is 0 Å². The van der Waals surface area contributed by atoms with Crippen LogP contribution in [0.15, 0.2) is 54.7 Å². The van der Waals surface area contributed by atoms with E-state index in [1.165, 1.54) is 12.1 Å². The Hall–Kier alpha value is -4.42. The first-order valence-corrected chi connectivity index (χ1v) is 14.9. The van der Waals surface area contributed by atoms with Crippen molar-refractivity contribution < 1.29 is 29.4 Å². The summed E-state index contributed by atoms with van der Waals surface area (Å²) in [7, 11) is 0. The van der Waals surface area contributed by atoms with E-state index in [1.807, 2.05) is 38.1 Å². The lowest BCUT2D eigenvalue weighted by Crippen LogP contribution is -2.58. The molecule has 12 heteroatoms. The fourth-order valence-corrected chi connectivity index (χ4v) is 4.96. The van der Waals surface area contributed by atoms with E-state index in [0.29, 0.717) is 31.4 Å². The van der Waals surface area contributed by atoms with Crippen LogP contribution >= 0.6 is 0 Å². The summed E-state index contributed by atoms with van der Waals surface area (Å²) in [6.45, 7) is 4.16. The molecule has 3 aromatic rings. The number of benzene rings is 2. The van der Waals surface area contributed by atoms with Crippen LogP contribution in [0.2, 0.25) is 0 Å². The van der Waals surface area contributed by atoms with Gasteiger partial charge in [-0.05, 0) is 61.1 Å². The van der Waals surface area contributed by atoms with E-state index in [0.717, 1.165) is 16.5 Å². The normalized spacial score (nSPS) is 14.0. The smallest absolute Gasteiger partial charge is 0.326 e. The summed E-state index contributed by atoms with van der Waals surface area (Å²) in [5, 5.41) is 28.4. The van der Waals surface area contributed by atoms with Gasteiger partial charge in [0.15, 0.2) is 0 Å². The summed E-state index contributed by atoms with van der Waals surface area (Å²) < 4.78 is 0. The van der Waals surface area contributed by atoms with E-state index in [2.05, 4.69) is 20.9 Å². The monoisotopic (exact) mass is 608 g/mol. The zero-order valence-electron chi connectivity index (χ0n) is 25.2. The lowest BCUT2D eigenvalue weighted by atomic mass is 10.00. The lowest BCUT2D eigenvalue weighted by molar-refractivity contribution is -0.142. The molecule has 44 heavy (non-hydrogen) atoms. The first-order chi connectivity index (χ1) is 21.0. The Morgan fingerprint density at radius 2 is 1.45 bits per heavy atom. The second kappa shape index (κ2) is 16.4. The van der Waals surface area contributed by atoms with Crippen molar-refractivity contribution in [2.75, 3.05) is 6.54 Å². The van der Waals surface area contributed by atoms with Crippen LogP contribution in [0.1, 0.15) is 50.7 Å². The van der Waals surface area contributed by atoms with E-state index in [1.54, 1.807) is 18.3 Å². The number of para-hydroxylation sites is 1. The number of hydrogen-bond donors (Lipinski definition) is 8. The van der Waals surface area contributed by atoms with Crippen molar-refractivity contribution in [2.45, 2.75) is 76.5 Å². The number of nitrogens with one attached hydrogen (secondary N) is 4. The molecule has 0 radical (unpaired) electrons. The highest BCUT2D eigenvalue weighted by Gasteiger charge is 2.31. The third-order valence-electron chi connectivity index (χ3n) is 7.37. The predicted octanol–water partition coefficient (Wildman–Crippen LogP) is 1.70. The molecule has 0 saturated carbocycles. The van der Waals surface area contributed by atoms with Gasteiger partial charge in [0.2, 0.25) is 17.7 Å². The number of carboxylic acids is 1. The Balaban J connectivity index is 1.88. The number of carboxylic acid groups (broad SMARTS) is 1. The first-order valence-electron chi connectivity index (χ1n) is 14.9. The molecule has 1 heterocycles. The zero-order chi connectivity index (χ0) is 32.2. The summed E-state index contributed by atoms with van der Waals surface area (Å²) in [5.41, 5.74) is 14.0. The number of phenols is 1. The highest BCUT2D eigenvalue weighted by atomic mass is 16.4. The Labute approximate surface area is 257 Å². The average Bonchev–Trinajstić information content (AvgIpc) is 3.39. The standard InChI is InChI=1S/C32H44N6O6/c1-19(2)15-28(32(43)44)38-30(41)26(16-20-10-12-22(39)13-11-20)37-31(42)27(36-29(40)24(34)8-5-6-14-33)17-21-18-35-25-9-4-3-7-23(21)25/h3-4,7,9-13,18-19,24,26-28,35,39H,5-6,8,14-17,33-34H2,1-2H3,(H,36,40)(H,37,42)(H,38,41)(H,43,44). The van der Waals surface area contributed by atoms with Crippen LogP contribution in [0.4, 0.5) is 0 Å². The van der Waals surface area contributed by atoms with Gasteiger partial charge >= 0.3 is 5.97 Å². The van der Waals surface area contributed by atoms with Crippen LogP contribution in [-0.4, -0.2) is 69.6 Å². The van der Waals surface area contributed by atoms with E-state index in [9.17, 15) is 29.4 Å². The van der Waals surface area contributed by atoms with Gasteiger partial charge in [0.1, 0.15) is 23.9 Å². The highest BCUT2D eigenvalue weighted by molar-refractivity contribution is 5.95. The second-order valence-electron chi connectivity index (χ2n) is 11.5. The van der Waals surface area contributed by atoms with Crippen LogP contribution < -0.4 is 27.4 Å². The first kappa shape index (κ1) is 34.1. The predicted molar refractivity (Wildman–Crippen MR) is 168 cm³/mol. The van der Waals surface area contributed by atoms with Gasteiger partial charge in [0.05, 0.1) is 6.04 Å².